The second kappa shape index (κ2) is 8.09. The molecule has 2 heterocycles. The van der Waals surface area contributed by atoms with Gasteiger partial charge in [0.15, 0.2) is 0 Å². The molecule has 1 aliphatic heterocycles. The van der Waals surface area contributed by atoms with Crippen LogP contribution in [0.3, 0.4) is 0 Å². The van der Waals surface area contributed by atoms with E-state index in [4.69, 9.17) is 4.42 Å². The van der Waals surface area contributed by atoms with Gasteiger partial charge in [-0.2, -0.15) is 0 Å². The van der Waals surface area contributed by atoms with Crippen molar-refractivity contribution in [1.82, 2.24) is 9.80 Å². The number of fused-ring (bicyclic) bond motifs is 1. The number of benzene rings is 1. The predicted octanol–water partition coefficient (Wildman–Crippen LogP) is 4.32. The number of furan rings is 1. The van der Waals surface area contributed by atoms with Gasteiger partial charge < -0.3 is 9.32 Å². The molecule has 0 spiro atoms. The Bertz CT molecular complexity index is 856. The van der Waals surface area contributed by atoms with Crippen LogP contribution in [0.1, 0.15) is 46.9 Å². The van der Waals surface area contributed by atoms with Gasteiger partial charge >= 0.3 is 0 Å². The highest BCUT2D eigenvalue weighted by Crippen LogP contribution is 2.30. The molecule has 0 atom stereocenters. The molecule has 0 fully saturated rings. The fourth-order valence-corrected chi connectivity index (χ4v) is 3.70. The van der Waals surface area contributed by atoms with E-state index in [0.717, 1.165) is 35.4 Å². The second-order valence-corrected chi connectivity index (χ2v) is 7.30. The summed E-state index contributed by atoms with van der Waals surface area (Å²) in [5.41, 5.74) is 3.54. The Kier molecular flexibility index (Phi) is 5.80. The topological polar surface area (TPSA) is 36.7 Å². The molecule has 0 saturated heterocycles. The van der Waals surface area contributed by atoms with Crippen molar-refractivity contribution >= 4 is 5.91 Å². The van der Waals surface area contributed by atoms with Crippen molar-refractivity contribution in [3.63, 3.8) is 0 Å². The lowest BCUT2D eigenvalue weighted by molar-refractivity contribution is 0.0774. The van der Waals surface area contributed by atoms with Crippen LogP contribution in [0.2, 0.25) is 0 Å². The minimum absolute atomic E-state index is 0.00407. The van der Waals surface area contributed by atoms with E-state index in [1.165, 1.54) is 6.07 Å². The second-order valence-electron chi connectivity index (χ2n) is 7.30. The van der Waals surface area contributed by atoms with Crippen LogP contribution in [0.25, 0.3) is 0 Å². The first-order valence-corrected chi connectivity index (χ1v) is 9.40. The van der Waals surface area contributed by atoms with Crippen LogP contribution in [0.4, 0.5) is 4.39 Å². The molecule has 27 heavy (non-hydrogen) atoms. The Morgan fingerprint density at radius 3 is 2.85 bits per heavy atom. The number of likely N-dealkylation sites (N-methyl/N-ethyl adjacent to an activating group) is 1. The fourth-order valence-electron chi connectivity index (χ4n) is 3.70. The Morgan fingerprint density at radius 2 is 2.19 bits per heavy atom. The van der Waals surface area contributed by atoms with Gasteiger partial charge in [-0.1, -0.05) is 24.3 Å². The third kappa shape index (κ3) is 4.30. The first kappa shape index (κ1) is 19.4. The predicted molar refractivity (Wildman–Crippen MR) is 104 cm³/mol. The molecule has 1 aromatic heterocycles. The van der Waals surface area contributed by atoms with E-state index in [-0.39, 0.29) is 11.7 Å². The SMILES string of the molecule is C=C(C)CN(CC)C(=O)c1c(C)oc2c1CN(Cc1cccc(F)c1)CC2. The van der Waals surface area contributed by atoms with Gasteiger partial charge in [0.05, 0.1) is 5.56 Å². The van der Waals surface area contributed by atoms with Gasteiger partial charge in [0.25, 0.3) is 5.91 Å². The van der Waals surface area contributed by atoms with Crippen LogP contribution in [0.15, 0.2) is 40.8 Å². The monoisotopic (exact) mass is 370 g/mol. The Hall–Kier alpha value is -2.40. The van der Waals surface area contributed by atoms with Crippen molar-refractivity contribution in [1.29, 1.82) is 0 Å². The van der Waals surface area contributed by atoms with E-state index in [9.17, 15) is 9.18 Å². The quantitative estimate of drug-likeness (QED) is 0.711. The fraction of sp³-hybridized carbons (Fsp3) is 0.409. The third-order valence-corrected chi connectivity index (χ3v) is 4.94. The molecule has 0 bridgehead atoms. The normalized spacial score (nSPS) is 14.1. The van der Waals surface area contributed by atoms with Gasteiger partial charge in [0.1, 0.15) is 17.3 Å². The number of aryl methyl sites for hydroxylation is 1. The molecule has 1 aliphatic rings. The average molecular weight is 370 g/mol. The maximum atomic E-state index is 13.5. The van der Waals surface area contributed by atoms with Crippen LogP contribution in [-0.4, -0.2) is 35.3 Å². The molecule has 0 N–H and O–H groups in total. The van der Waals surface area contributed by atoms with Crippen molar-refractivity contribution < 1.29 is 13.6 Å². The van der Waals surface area contributed by atoms with Crippen molar-refractivity contribution in [2.75, 3.05) is 19.6 Å². The van der Waals surface area contributed by atoms with Crippen LogP contribution in [0.5, 0.6) is 0 Å². The van der Waals surface area contributed by atoms with E-state index >= 15 is 0 Å². The van der Waals surface area contributed by atoms with Gasteiger partial charge in [-0.15, -0.1) is 0 Å². The van der Waals surface area contributed by atoms with Gasteiger partial charge in [-0.3, -0.25) is 9.69 Å². The van der Waals surface area contributed by atoms with Gasteiger partial charge in [-0.05, 0) is 38.5 Å². The van der Waals surface area contributed by atoms with E-state index in [2.05, 4.69) is 11.5 Å². The van der Waals surface area contributed by atoms with Gasteiger partial charge in [0.2, 0.25) is 0 Å². The molecular formula is C22H27FN2O2. The van der Waals surface area contributed by atoms with Crippen LogP contribution in [-0.2, 0) is 19.5 Å². The van der Waals surface area contributed by atoms with Crippen molar-refractivity contribution in [3.8, 4) is 0 Å². The van der Waals surface area contributed by atoms with Gasteiger partial charge in [0, 0.05) is 44.7 Å². The number of hydrogen-bond acceptors (Lipinski definition) is 3. The first-order chi connectivity index (χ1) is 12.9. The molecule has 0 unspecified atom stereocenters. The van der Waals surface area contributed by atoms with E-state index in [0.29, 0.717) is 37.5 Å². The molecule has 0 saturated carbocycles. The number of carbonyl (C=O) groups is 1. The molecule has 4 nitrogen and oxygen atoms in total. The highest BCUT2D eigenvalue weighted by molar-refractivity contribution is 5.97. The molecule has 144 valence electrons. The summed E-state index contributed by atoms with van der Waals surface area (Å²) in [6, 6.07) is 6.67. The number of hydrogen-bond donors (Lipinski definition) is 0. The lowest BCUT2D eigenvalue weighted by atomic mass is 10.0. The van der Waals surface area contributed by atoms with E-state index in [1.807, 2.05) is 26.8 Å². The summed E-state index contributed by atoms with van der Waals surface area (Å²) in [4.78, 5) is 17.2. The molecule has 3 rings (SSSR count). The summed E-state index contributed by atoms with van der Waals surface area (Å²) in [7, 11) is 0. The summed E-state index contributed by atoms with van der Waals surface area (Å²) in [5, 5.41) is 0. The largest absolute Gasteiger partial charge is 0.465 e. The standard InChI is InChI=1S/C22H27FN2O2/c1-5-25(12-15(2)3)22(26)21-16(4)27-20-9-10-24(14-19(20)21)13-17-7-6-8-18(23)11-17/h6-8,11H,2,5,9-10,12-14H2,1,3-4H3. The summed E-state index contributed by atoms with van der Waals surface area (Å²) >= 11 is 0. The molecule has 5 heteroatoms. The highest BCUT2D eigenvalue weighted by atomic mass is 19.1. The molecule has 1 amide bonds. The lowest BCUT2D eigenvalue weighted by Gasteiger charge is -2.27. The molecular weight excluding hydrogens is 343 g/mol. The average Bonchev–Trinajstić information content (AvgIpc) is 2.94. The van der Waals surface area contributed by atoms with E-state index < -0.39 is 0 Å². The Morgan fingerprint density at radius 1 is 1.41 bits per heavy atom. The van der Waals surface area contributed by atoms with Gasteiger partial charge in [-0.25, -0.2) is 4.39 Å². The zero-order chi connectivity index (χ0) is 19.6. The summed E-state index contributed by atoms with van der Waals surface area (Å²) in [6.07, 6.45) is 0.755. The number of nitrogens with zero attached hydrogens (tertiary/aromatic N) is 2. The summed E-state index contributed by atoms with van der Waals surface area (Å²) < 4.78 is 19.4. The maximum Gasteiger partial charge on any atom is 0.258 e. The lowest BCUT2D eigenvalue weighted by Crippen LogP contribution is -2.35. The summed E-state index contributed by atoms with van der Waals surface area (Å²) in [5.74, 6) is 1.35. The zero-order valence-corrected chi connectivity index (χ0v) is 16.3. The van der Waals surface area contributed by atoms with Crippen molar-refractivity contribution in [3.05, 3.63) is 70.4 Å². The first-order valence-electron chi connectivity index (χ1n) is 9.40. The van der Waals surface area contributed by atoms with Crippen molar-refractivity contribution in [2.45, 2.75) is 40.3 Å². The number of rotatable bonds is 6. The highest BCUT2D eigenvalue weighted by Gasteiger charge is 2.30. The maximum absolute atomic E-state index is 13.5. The van der Waals surface area contributed by atoms with Crippen LogP contribution >= 0.6 is 0 Å². The molecule has 2 aromatic rings. The Labute approximate surface area is 160 Å². The zero-order valence-electron chi connectivity index (χ0n) is 16.3. The number of carbonyl (C=O) groups excluding carboxylic acids is 1. The summed E-state index contributed by atoms with van der Waals surface area (Å²) in [6.45, 7) is 13.0. The third-order valence-electron chi connectivity index (χ3n) is 4.94. The minimum Gasteiger partial charge on any atom is -0.465 e. The molecule has 1 aromatic carbocycles. The smallest absolute Gasteiger partial charge is 0.258 e. The van der Waals surface area contributed by atoms with Crippen LogP contribution < -0.4 is 0 Å². The number of halogens is 1. The Balaban J connectivity index is 1.83. The van der Waals surface area contributed by atoms with Crippen molar-refractivity contribution in [2.24, 2.45) is 0 Å². The molecule has 0 radical (unpaired) electrons. The van der Waals surface area contributed by atoms with Crippen LogP contribution in [0, 0.1) is 12.7 Å². The number of amides is 1. The van der Waals surface area contributed by atoms with E-state index in [1.54, 1.807) is 17.0 Å². The molecule has 0 aliphatic carbocycles. The minimum atomic E-state index is -0.224.